The number of aliphatic hydroxyl groups is 1. The van der Waals surface area contributed by atoms with Crippen molar-refractivity contribution in [3.05, 3.63) is 68.8 Å². The van der Waals surface area contributed by atoms with Crippen LogP contribution in [0.4, 0.5) is 5.69 Å². The number of hydrogen-bond donors (Lipinski definition) is 3. The topological polar surface area (TPSA) is 172 Å². The third-order valence-corrected chi connectivity index (χ3v) is 3.99. The second kappa shape index (κ2) is 8.41. The molecule has 10 heteroatoms. The van der Waals surface area contributed by atoms with Crippen LogP contribution in [0.3, 0.4) is 0 Å². The second-order valence-corrected chi connectivity index (χ2v) is 5.89. The van der Waals surface area contributed by atoms with Gasteiger partial charge in [-0.25, -0.2) is 0 Å². The monoisotopic (exact) mass is 394 g/mol. The van der Waals surface area contributed by atoms with Gasteiger partial charge in [0.1, 0.15) is 11.8 Å². The number of amides is 1. The summed E-state index contributed by atoms with van der Waals surface area (Å²) in [6.07, 6.45) is 0. The van der Waals surface area contributed by atoms with Crippen LogP contribution in [-0.2, 0) is 11.3 Å². The first-order chi connectivity index (χ1) is 13.7. The molecule has 2 rings (SSSR count). The van der Waals surface area contributed by atoms with Gasteiger partial charge in [-0.15, -0.1) is 0 Å². The first-order valence-corrected chi connectivity index (χ1v) is 7.98. The normalized spacial score (nSPS) is 11.0. The van der Waals surface area contributed by atoms with Crippen LogP contribution in [0.5, 0.6) is 11.5 Å². The number of aromatic hydroxyl groups is 2. The zero-order valence-electron chi connectivity index (χ0n) is 15.0. The molecule has 0 fully saturated rings. The Morgan fingerprint density at radius 3 is 2.48 bits per heavy atom. The fraction of sp³-hybridized carbons (Fsp3) is 0.105. The predicted molar refractivity (Wildman–Crippen MR) is 99.2 cm³/mol. The molecule has 3 N–H and O–H groups in total. The maximum absolute atomic E-state index is 12.6. The van der Waals surface area contributed by atoms with Gasteiger partial charge in [0, 0.05) is 25.2 Å². The lowest BCUT2D eigenvalue weighted by Gasteiger charge is -2.18. The molecule has 0 atom stereocenters. The number of benzene rings is 2. The van der Waals surface area contributed by atoms with Crippen LogP contribution in [0, 0.1) is 32.8 Å². The number of nitro benzene ring substituents is 1. The number of nitro groups is 1. The third kappa shape index (κ3) is 4.23. The van der Waals surface area contributed by atoms with Gasteiger partial charge in [0.05, 0.1) is 16.6 Å². The van der Waals surface area contributed by atoms with Crippen molar-refractivity contribution in [2.24, 2.45) is 0 Å². The molecular weight excluding hydrogens is 380 g/mol. The Morgan fingerprint density at radius 1 is 1.24 bits per heavy atom. The zero-order valence-corrected chi connectivity index (χ0v) is 15.0. The molecule has 0 heterocycles. The van der Waals surface area contributed by atoms with Crippen LogP contribution in [0.2, 0.25) is 0 Å². The number of carbonyl (C=O) groups excluding carboxylic acids is 1. The summed E-state index contributed by atoms with van der Waals surface area (Å²) in [6, 6.07) is 11.5. The van der Waals surface area contributed by atoms with Crippen molar-refractivity contribution in [2.45, 2.75) is 6.54 Å². The van der Waals surface area contributed by atoms with E-state index >= 15 is 0 Å². The summed E-state index contributed by atoms with van der Waals surface area (Å²) < 4.78 is 0. The number of phenolic OH excluding ortho intramolecular Hbond substituents is 2. The summed E-state index contributed by atoms with van der Waals surface area (Å²) in [7, 11) is 1.35. The van der Waals surface area contributed by atoms with E-state index in [2.05, 4.69) is 0 Å². The Kier molecular flexibility index (Phi) is 6.02. The molecule has 0 bridgehead atoms. The van der Waals surface area contributed by atoms with Crippen molar-refractivity contribution < 1.29 is 25.0 Å². The molecule has 0 aliphatic rings. The van der Waals surface area contributed by atoms with Crippen molar-refractivity contribution in [3.8, 4) is 23.6 Å². The number of aliphatic hydroxyl groups excluding tert-OH is 1. The van der Waals surface area contributed by atoms with E-state index in [1.165, 1.54) is 13.1 Å². The average molecular weight is 394 g/mol. The number of rotatable bonds is 5. The van der Waals surface area contributed by atoms with Crippen LogP contribution in [0.1, 0.15) is 16.7 Å². The molecule has 0 radical (unpaired) electrons. The molecule has 0 saturated heterocycles. The largest absolute Gasteiger partial charge is 0.506 e. The van der Waals surface area contributed by atoms with Gasteiger partial charge >= 0.3 is 5.69 Å². The number of carbonyl (C=O) groups is 1. The molecule has 1 amide bonds. The van der Waals surface area contributed by atoms with Crippen LogP contribution >= 0.6 is 0 Å². The highest BCUT2D eigenvalue weighted by Gasteiger charge is 2.25. The lowest BCUT2D eigenvalue weighted by molar-refractivity contribution is -0.386. The molecule has 0 spiro atoms. The quantitative estimate of drug-likeness (QED) is 0.173. The lowest BCUT2D eigenvalue weighted by atomic mass is 10.1. The van der Waals surface area contributed by atoms with Crippen LogP contribution < -0.4 is 0 Å². The lowest BCUT2D eigenvalue weighted by Crippen LogP contribution is -2.28. The minimum absolute atomic E-state index is 0.0397. The summed E-state index contributed by atoms with van der Waals surface area (Å²) in [4.78, 5) is 23.7. The second-order valence-electron chi connectivity index (χ2n) is 5.89. The van der Waals surface area contributed by atoms with Gasteiger partial charge in [0.25, 0.3) is 5.91 Å². The molecule has 146 valence electrons. The zero-order chi connectivity index (χ0) is 21.7. The molecule has 2 aromatic carbocycles. The Morgan fingerprint density at radius 2 is 1.90 bits per heavy atom. The summed E-state index contributed by atoms with van der Waals surface area (Å²) >= 11 is 0. The molecular formula is C19H14N4O6. The van der Waals surface area contributed by atoms with Crippen molar-refractivity contribution in [2.75, 3.05) is 7.05 Å². The summed E-state index contributed by atoms with van der Waals surface area (Å²) in [5.41, 5.74) is -1.20. The molecule has 0 saturated carbocycles. The van der Waals surface area contributed by atoms with Crippen LogP contribution in [-0.4, -0.2) is 38.1 Å². The molecule has 0 aliphatic carbocycles. The fourth-order valence-corrected chi connectivity index (χ4v) is 2.51. The number of phenols is 2. The summed E-state index contributed by atoms with van der Waals surface area (Å²) in [5, 5.41) is 58.9. The van der Waals surface area contributed by atoms with Gasteiger partial charge in [-0.1, -0.05) is 18.2 Å². The predicted octanol–water partition coefficient (Wildman–Crippen LogP) is 2.33. The number of likely N-dealkylation sites (N-methyl/N-ethyl adjacent to an activating group) is 1. The van der Waals surface area contributed by atoms with Gasteiger partial charge in [-0.05, 0) is 17.7 Å². The molecule has 29 heavy (non-hydrogen) atoms. The maximum Gasteiger partial charge on any atom is 0.315 e. The van der Waals surface area contributed by atoms with E-state index < -0.39 is 44.9 Å². The Labute approximate surface area is 164 Å². The van der Waals surface area contributed by atoms with E-state index in [1.54, 1.807) is 24.3 Å². The fourth-order valence-electron chi connectivity index (χ4n) is 2.51. The van der Waals surface area contributed by atoms with E-state index in [-0.39, 0.29) is 6.54 Å². The molecule has 0 aromatic heterocycles. The maximum atomic E-state index is 12.6. The van der Waals surface area contributed by atoms with E-state index in [0.29, 0.717) is 11.1 Å². The van der Waals surface area contributed by atoms with E-state index in [1.807, 2.05) is 6.07 Å². The Bertz CT molecular complexity index is 1110. The summed E-state index contributed by atoms with van der Waals surface area (Å²) in [5.74, 6) is -3.73. The SMILES string of the molecule is CN(Cc1ccccc1C#N)C(=O)/C(C#N)=C(\O)c1cc(O)c(O)c([N+](=O)[O-])c1. The molecule has 0 aliphatic heterocycles. The van der Waals surface area contributed by atoms with Gasteiger partial charge in [-0.3, -0.25) is 14.9 Å². The highest BCUT2D eigenvalue weighted by molar-refractivity contribution is 6.03. The van der Waals surface area contributed by atoms with Crippen molar-refractivity contribution >= 4 is 17.4 Å². The first kappa shape index (κ1) is 20.7. The standard InChI is InChI=1S/C19H14N4O6/c1-22(10-12-5-3-2-4-11(12)8-20)19(27)14(9-21)17(25)13-6-15(23(28)29)18(26)16(24)7-13/h2-7,24-26H,10H2,1H3/b17-14-. The highest BCUT2D eigenvalue weighted by Crippen LogP contribution is 2.38. The number of nitriles is 2. The van der Waals surface area contributed by atoms with Crippen LogP contribution in [0.15, 0.2) is 42.0 Å². The van der Waals surface area contributed by atoms with Crippen molar-refractivity contribution in [1.29, 1.82) is 10.5 Å². The van der Waals surface area contributed by atoms with Crippen LogP contribution in [0.25, 0.3) is 5.76 Å². The minimum Gasteiger partial charge on any atom is -0.506 e. The molecule has 2 aromatic rings. The first-order valence-electron chi connectivity index (χ1n) is 7.98. The molecule has 0 unspecified atom stereocenters. The third-order valence-electron chi connectivity index (χ3n) is 3.99. The minimum atomic E-state index is -1.01. The van der Waals surface area contributed by atoms with E-state index in [9.17, 15) is 35.5 Å². The highest BCUT2D eigenvalue weighted by atomic mass is 16.6. The Balaban J connectivity index is 2.44. The van der Waals surface area contributed by atoms with E-state index in [4.69, 9.17) is 5.26 Å². The number of nitrogens with zero attached hydrogens (tertiary/aromatic N) is 4. The molecule has 10 nitrogen and oxygen atoms in total. The average Bonchev–Trinajstić information content (AvgIpc) is 2.70. The van der Waals surface area contributed by atoms with E-state index in [0.717, 1.165) is 17.0 Å². The Hall–Kier alpha value is -4.57. The number of hydrogen-bond acceptors (Lipinski definition) is 8. The van der Waals surface area contributed by atoms with Gasteiger partial charge in [0.2, 0.25) is 5.75 Å². The van der Waals surface area contributed by atoms with Crippen molar-refractivity contribution in [1.82, 2.24) is 4.90 Å². The summed E-state index contributed by atoms with van der Waals surface area (Å²) in [6.45, 7) is -0.0397. The van der Waals surface area contributed by atoms with Gasteiger partial charge in [-0.2, -0.15) is 10.5 Å². The smallest absolute Gasteiger partial charge is 0.315 e. The van der Waals surface area contributed by atoms with Gasteiger partial charge < -0.3 is 20.2 Å². The van der Waals surface area contributed by atoms with Crippen molar-refractivity contribution in [3.63, 3.8) is 0 Å². The van der Waals surface area contributed by atoms with Gasteiger partial charge in [0.15, 0.2) is 11.3 Å².